The highest BCUT2D eigenvalue weighted by atomic mass is 32.2. The molecule has 9 nitrogen and oxygen atoms in total. The second-order valence-corrected chi connectivity index (χ2v) is 7.65. The van der Waals surface area contributed by atoms with Crippen LogP contribution in [-0.2, 0) is 14.8 Å². The van der Waals surface area contributed by atoms with Gasteiger partial charge in [0.2, 0.25) is 21.6 Å². The molecule has 0 spiro atoms. The molecule has 1 aromatic rings. The lowest BCUT2D eigenvalue weighted by Gasteiger charge is -2.33. The van der Waals surface area contributed by atoms with Gasteiger partial charge in [-0.05, 0) is 12.8 Å². The monoisotopic (exact) mass is 353 g/mol. The first kappa shape index (κ1) is 18.1. The highest BCUT2D eigenvalue weighted by Gasteiger charge is 2.27. The van der Waals surface area contributed by atoms with Crippen molar-refractivity contribution in [3.8, 4) is 11.9 Å². The molecule has 1 atom stereocenters. The first-order valence-corrected chi connectivity index (χ1v) is 9.23. The number of carbonyl (C=O) groups is 1. The fourth-order valence-corrected chi connectivity index (χ4v) is 2.66. The summed E-state index contributed by atoms with van der Waals surface area (Å²) in [5.74, 6) is -0.136. The van der Waals surface area contributed by atoms with Gasteiger partial charge in [0, 0.05) is 26.0 Å². The first-order chi connectivity index (χ1) is 11.3. The number of hydrogen-bond donors (Lipinski definition) is 0. The molecular weight excluding hydrogens is 334 g/mol. The van der Waals surface area contributed by atoms with E-state index in [-0.39, 0.29) is 30.1 Å². The van der Waals surface area contributed by atoms with Crippen LogP contribution in [0.15, 0.2) is 12.4 Å². The molecule has 1 aliphatic rings. The number of likely N-dealkylation sites (N-methyl/N-ethyl adjacent to an activating group) is 1. The molecule has 10 heteroatoms. The van der Waals surface area contributed by atoms with Gasteiger partial charge in [0.05, 0.1) is 19.3 Å². The minimum absolute atomic E-state index is 0.0951. The van der Waals surface area contributed by atoms with E-state index in [0.29, 0.717) is 19.5 Å². The molecule has 0 N–H and O–H groups in total. The maximum atomic E-state index is 12.3. The molecule has 1 saturated heterocycles. The van der Waals surface area contributed by atoms with Crippen molar-refractivity contribution in [1.29, 1.82) is 5.26 Å². The van der Waals surface area contributed by atoms with E-state index in [9.17, 15) is 13.2 Å². The van der Waals surface area contributed by atoms with Crippen LogP contribution < -0.4 is 4.74 Å². The lowest BCUT2D eigenvalue weighted by atomic mass is 10.1. The van der Waals surface area contributed by atoms with Crippen LogP contribution in [-0.4, -0.2) is 72.5 Å². The van der Waals surface area contributed by atoms with E-state index in [1.807, 2.05) is 6.07 Å². The highest BCUT2D eigenvalue weighted by Crippen LogP contribution is 2.18. The van der Waals surface area contributed by atoms with Crippen molar-refractivity contribution >= 4 is 15.9 Å². The van der Waals surface area contributed by atoms with Gasteiger partial charge in [-0.3, -0.25) is 4.79 Å². The van der Waals surface area contributed by atoms with Crippen molar-refractivity contribution in [1.82, 2.24) is 19.2 Å². The summed E-state index contributed by atoms with van der Waals surface area (Å²) in [5, 5.41) is 9.00. The molecule has 1 aromatic heterocycles. The van der Waals surface area contributed by atoms with Crippen LogP contribution in [0.25, 0.3) is 0 Å². The summed E-state index contributed by atoms with van der Waals surface area (Å²) in [5.41, 5.74) is 0.0951. The Bertz CT molecular complexity index is 746. The van der Waals surface area contributed by atoms with Gasteiger partial charge in [-0.1, -0.05) is 0 Å². The summed E-state index contributed by atoms with van der Waals surface area (Å²) >= 11 is 0. The number of amides is 1. The zero-order valence-corrected chi connectivity index (χ0v) is 14.4. The molecular formula is C14H19N5O4S. The number of nitrogens with zero attached hydrogens (tertiary/aromatic N) is 5. The topological polar surface area (TPSA) is 116 Å². The first-order valence-electron chi connectivity index (χ1n) is 7.38. The van der Waals surface area contributed by atoms with E-state index in [2.05, 4.69) is 9.97 Å². The summed E-state index contributed by atoms with van der Waals surface area (Å²) in [4.78, 5) is 21.7. The third kappa shape index (κ3) is 4.62. The van der Waals surface area contributed by atoms with Crippen LogP contribution in [0.3, 0.4) is 0 Å². The molecule has 0 radical (unpaired) electrons. The summed E-state index contributed by atoms with van der Waals surface area (Å²) in [6.07, 6.45) is 5.02. The van der Waals surface area contributed by atoms with E-state index < -0.39 is 10.0 Å². The molecule has 24 heavy (non-hydrogen) atoms. The van der Waals surface area contributed by atoms with E-state index >= 15 is 0 Å². The second-order valence-electron chi connectivity index (χ2n) is 5.56. The largest absolute Gasteiger partial charge is 0.470 e. The Morgan fingerprint density at radius 3 is 2.88 bits per heavy atom. The normalized spacial score (nSPS) is 18.2. The fraction of sp³-hybridized carbons (Fsp3) is 0.571. The smallest absolute Gasteiger partial charge is 0.251 e. The lowest BCUT2D eigenvalue weighted by Crippen LogP contribution is -2.48. The van der Waals surface area contributed by atoms with Gasteiger partial charge in [0.25, 0.3) is 5.88 Å². The van der Waals surface area contributed by atoms with Crippen molar-refractivity contribution in [2.75, 3.05) is 32.9 Å². The zero-order chi connectivity index (χ0) is 17.7. The second kappa shape index (κ2) is 7.55. The molecule has 130 valence electrons. The Hall–Kier alpha value is -2.25. The minimum Gasteiger partial charge on any atom is -0.470 e. The zero-order valence-electron chi connectivity index (χ0n) is 13.5. The minimum atomic E-state index is -3.41. The standard InChI is InChI=1S/C14H19N5O4S/c1-18(24(2,21)22)10-13(20)19-7-3-4-11(9-19)23-14-12(8-15)16-5-6-17-14/h5-6,11H,3-4,7,9-10H2,1-2H3. The van der Waals surface area contributed by atoms with Gasteiger partial charge in [0.15, 0.2) is 0 Å². The molecule has 0 aliphatic carbocycles. The van der Waals surface area contributed by atoms with Crippen molar-refractivity contribution in [3.05, 3.63) is 18.1 Å². The van der Waals surface area contributed by atoms with Crippen molar-refractivity contribution < 1.29 is 17.9 Å². The Kier molecular flexibility index (Phi) is 5.69. The maximum Gasteiger partial charge on any atom is 0.251 e. The Labute approximate surface area is 140 Å². The number of sulfonamides is 1. The number of aromatic nitrogens is 2. The van der Waals surface area contributed by atoms with Gasteiger partial charge >= 0.3 is 0 Å². The third-order valence-corrected chi connectivity index (χ3v) is 4.97. The number of carbonyl (C=O) groups excluding carboxylic acids is 1. The van der Waals surface area contributed by atoms with E-state index in [4.69, 9.17) is 10.00 Å². The molecule has 2 rings (SSSR count). The summed E-state index contributed by atoms with van der Waals surface area (Å²) in [6, 6.07) is 1.91. The average Bonchev–Trinajstić information content (AvgIpc) is 2.54. The van der Waals surface area contributed by atoms with Crippen LogP contribution >= 0.6 is 0 Å². The van der Waals surface area contributed by atoms with Gasteiger partial charge in [-0.15, -0.1) is 0 Å². The van der Waals surface area contributed by atoms with Crippen molar-refractivity contribution in [2.24, 2.45) is 0 Å². The van der Waals surface area contributed by atoms with E-state index in [1.165, 1.54) is 19.4 Å². The molecule has 0 aromatic carbocycles. The third-order valence-electron chi connectivity index (χ3n) is 3.70. The molecule has 0 saturated carbocycles. The van der Waals surface area contributed by atoms with E-state index in [1.54, 1.807) is 4.90 Å². The number of piperidine rings is 1. The Morgan fingerprint density at radius 1 is 1.50 bits per heavy atom. The van der Waals surface area contributed by atoms with Crippen LogP contribution in [0.1, 0.15) is 18.5 Å². The predicted octanol–water partition coefficient (Wildman–Crippen LogP) is -0.391. The number of rotatable bonds is 5. The van der Waals surface area contributed by atoms with Gasteiger partial charge in [-0.2, -0.15) is 9.57 Å². The molecule has 2 heterocycles. The van der Waals surface area contributed by atoms with Crippen LogP contribution in [0.4, 0.5) is 0 Å². The van der Waals surface area contributed by atoms with Gasteiger partial charge in [-0.25, -0.2) is 18.4 Å². The van der Waals surface area contributed by atoms with Gasteiger partial charge in [0.1, 0.15) is 12.2 Å². The Morgan fingerprint density at radius 2 is 2.21 bits per heavy atom. The van der Waals surface area contributed by atoms with Crippen LogP contribution in [0, 0.1) is 11.3 Å². The van der Waals surface area contributed by atoms with Crippen molar-refractivity contribution in [3.63, 3.8) is 0 Å². The highest BCUT2D eigenvalue weighted by molar-refractivity contribution is 7.88. The number of ether oxygens (including phenoxy) is 1. The van der Waals surface area contributed by atoms with Crippen molar-refractivity contribution in [2.45, 2.75) is 18.9 Å². The fourth-order valence-electron chi connectivity index (χ4n) is 2.31. The van der Waals surface area contributed by atoms with Gasteiger partial charge < -0.3 is 9.64 Å². The molecule has 1 amide bonds. The summed E-state index contributed by atoms with van der Waals surface area (Å²) < 4.78 is 29.5. The summed E-state index contributed by atoms with van der Waals surface area (Å²) in [7, 11) is -2.04. The molecule has 1 unspecified atom stereocenters. The molecule has 1 fully saturated rings. The number of hydrogen-bond acceptors (Lipinski definition) is 7. The quantitative estimate of drug-likeness (QED) is 0.707. The average molecular weight is 353 g/mol. The number of likely N-dealkylation sites (tertiary alicyclic amines) is 1. The molecule has 1 aliphatic heterocycles. The predicted molar refractivity (Wildman–Crippen MR) is 84.5 cm³/mol. The number of nitriles is 1. The SMILES string of the molecule is CN(CC(=O)N1CCCC(Oc2nccnc2C#N)C1)S(C)(=O)=O. The van der Waals surface area contributed by atoms with Crippen LogP contribution in [0.5, 0.6) is 5.88 Å². The summed E-state index contributed by atoms with van der Waals surface area (Å²) in [6.45, 7) is 0.653. The maximum absolute atomic E-state index is 12.3. The lowest BCUT2D eigenvalue weighted by molar-refractivity contribution is -0.133. The van der Waals surface area contributed by atoms with Crippen LogP contribution in [0.2, 0.25) is 0 Å². The molecule has 0 bridgehead atoms. The Balaban J connectivity index is 1.99. The van der Waals surface area contributed by atoms with E-state index in [0.717, 1.165) is 17.0 Å².